The minimum atomic E-state index is -0.412. The molecule has 1 saturated heterocycles. The number of nitrogens with one attached hydrogen (secondary N) is 2. The summed E-state index contributed by atoms with van der Waals surface area (Å²) in [5.41, 5.74) is 7.30. The van der Waals surface area contributed by atoms with E-state index in [9.17, 15) is 14.0 Å². The third kappa shape index (κ3) is 6.29. The summed E-state index contributed by atoms with van der Waals surface area (Å²) in [6, 6.07) is 11.5. The summed E-state index contributed by atoms with van der Waals surface area (Å²) in [5.74, 6) is -0.997. The van der Waals surface area contributed by atoms with E-state index in [2.05, 4.69) is 22.5 Å². The molecule has 0 saturated carbocycles. The number of nitrogen functional groups attached to an aromatic ring is 1. The highest BCUT2D eigenvalue weighted by Crippen LogP contribution is 2.19. The molecule has 7 heteroatoms. The highest BCUT2D eigenvalue weighted by atomic mass is 19.1. The van der Waals surface area contributed by atoms with Gasteiger partial charge in [-0.05, 0) is 56.5 Å². The van der Waals surface area contributed by atoms with Gasteiger partial charge in [0.15, 0.2) is 0 Å². The van der Waals surface area contributed by atoms with E-state index in [1.54, 1.807) is 24.3 Å². The predicted molar refractivity (Wildman–Crippen MR) is 125 cm³/mol. The van der Waals surface area contributed by atoms with Gasteiger partial charge in [-0.15, -0.1) is 0 Å². The fourth-order valence-corrected chi connectivity index (χ4v) is 4.23. The summed E-state index contributed by atoms with van der Waals surface area (Å²) < 4.78 is 13.7. The number of hydrogen-bond donors (Lipinski definition) is 3. The molecule has 172 valence electrons. The number of rotatable bonds is 9. The third-order valence-corrected chi connectivity index (χ3v) is 6.08. The Bertz CT molecular complexity index is 934. The largest absolute Gasteiger partial charge is 0.398 e. The average molecular weight is 441 g/mol. The number of carbonyl (C=O) groups is 2. The van der Waals surface area contributed by atoms with Gasteiger partial charge in [0.25, 0.3) is 11.8 Å². The van der Waals surface area contributed by atoms with E-state index in [4.69, 9.17) is 5.73 Å². The average Bonchev–Trinajstić information content (AvgIpc) is 2.81. The lowest BCUT2D eigenvalue weighted by Gasteiger charge is -2.35. The Morgan fingerprint density at radius 1 is 1.12 bits per heavy atom. The summed E-state index contributed by atoms with van der Waals surface area (Å²) in [6.45, 7) is 5.02. The van der Waals surface area contributed by atoms with Crippen LogP contribution in [0.2, 0.25) is 0 Å². The first-order valence-electron chi connectivity index (χ1n) is 11.4. The van der Waals surface area contributed by atoms with E-state index in [-0.39, 0.29) is 29.5 Å². The molecule has 1 aliphatic rings. The smallest absolute Gasteiger partial charge is 0.253 e. The van der Waals surface area contributed by atoms with Crippen LogP contribution in [0.1, 0.15) is 65.3 Å². The molecule has 0 radical (unpaired) electrons. The molecule has 1 fully saturated rings. The van der Waals surface area contributed by atoms with Crippen molar-refractivity contribution >= 4 is 17.5 Å². The van der Waals surface area contributed by atoms with Gasteiger partial charge in [-0.25, -0.2) is 4.39 Å². The molecule has 2 aromatic rings. The first-order valence-corrected chi connectivity index (χ1v) is 11.4. The lowest BCUT2D eigenvalue weighted by atomic mass is 10.00. The molecule has 6 nitrogen and oxygen atoms in total. The molecule has 1 unspecified atom stereocenters. The van der Waals surface area contributed by atoms with E-state index in [0.717, 1.165) is 19.5 Å². The van der Waals surface area contributed by atoms with Crippen LogP contribution >= 0.6 is 0 Å². The number of nitrogens with two attached hydrogens (primary N) is 1. The highest BCUT2D eigenvalue weighted by molar-refractivity contribution is 6.02. The van der Waals surface area contributed by atoms with Crippen LogP contribution in [0.4, 0.5) is 10.1 Å². The van der Waals surface area contributed by atoms with Crippen molar-refractivity contribution in [2.75, 3.05) is 25.4 Å². The number of benzene rings is 2. The molecule has 1 aliphatic heterocycles. The van der Waals surface area contributed by atoms with Crippen LogP contribution in [0.15, 0.2) is 42.5 Å². The molecule has 1 heterocycles. The lowest BCUT2D eigenvalue weighted by molar-refractivity contribution is 0.0937. The van der Waals surface area contributed by atoms with Crippen LogP contribution in [-0.4, -0.2) is 42.4 Å². The standard InChI is InChI=1S/C25H33FN4O2/c1-2-20-9-5-6-14-30(20)15-7-13-28-24(31)18-11-12-21(23(27)16-18)25(32)29-17-19-8-3-4-10-22(19)26/h3-4,8,10-12,16,20H,2,5-7,9,13-15,17,27H2,1H3,(H,28,31)(H,29,32). The number of halogens is 1. The topological polar surface area (TPSA) is 87.5 Å². The molecule has 32 heavy (non-hydrogen) atoms. The molecule has 0 bridgehead atoms. The Hall–Kier alpha value is -2.93. The zero-order valence-electron chi connectivity index (χ0n) is 18.7. The molecule has 0 aliphatic carbocycles. The van der Waals surface area contributed by atoms with Crippen molar-refractivity contribution in [1.82, 2.24) is 15.5 Å². The number of likely N-dealkylation sites (tertiary alicyclic amines) is 1. The Kier molecular flexibility index (Phi) is 8.62. The minimum absolute atomic E-state index is 0.0586. The second-order valence-corrected chi connectivity index (χ2v) is 8.28. The van der Waals surface area contributed by atoms with Crippen LogP contribution < -0.4 is 16.4 Å². The Balaban J connectivity index is 1.47. The predicted octanol–water partition coefficient (Wildman–Crippen LogP) is 3.72. The van der Waals surface area contributed by atoms with Gasteiger partial charge in [0.2, 0.25) is 0 Å². The van der Waals surface area contributed by atoms with E-state index in [1.807, 2.05) is 0 Å². The molecule has 0 aromatic heterocycles. The van der Waals surface area contributed by atoms with Crippen LogP contribution in [0, 0.1) is 5.82 Å². The van der Waals surface area contributed by atoms with Crippen LogP contribution in [0.5, 0.6) is 0 Å². The molecule has 1 atom stereocenters. The number of anilines is 1. The first-order chi connectivity index (χ1) is 15.5. The van der Waals surface area contributed by atoms with Crippen LogP contribution in [0.25, 0.3) is 0 Å². The van der Waals surface area contributed by atoms with Crippen LogP contribution in [0.3, 0.4) is 0 Å². The van der Waals surface area contributed by atoms with Crippen molar-refractivity contribution in [1.29, 1.82) is 0 Å². The van der Waals surface area contributed by atoms with E-state index >= 15 is 0 Å². The van der Waals surface area contributed by atoms with Crippen molar-refractivity contribution in [2.45, 2.75) is 51.6 Å². The lowest BCUT2D eigenvalue weighted by Crippen LogP contribution is -2.40. The number of piperidine rings is 1. The van der Waals surface area contributed by atoms with Gasteiger partial charge >= 0.3 is 0 Å². The third-order valence-electron chi connectivity index (χ3n) is 6.08. The van der Waals surface area contributed by atoms with Crippen molar-refractivity contribution in [3.8, 4) is 0 Å². The summed E-state index contributed by atoms with van der Waals surface area (Å²) in [4.78, 5) is 27.4. The Morgan fingerprint density at radius 2 is 1.94 bits per heavy atom. The minimum Gasteiger partial charge on any atom is -0.398 e. The maximum absolute atomic E-state index is 13.7. The maximum Gasteiger partial charge on any atom is 0.253 e. The molecule has 2 aromatic carbocycles. The summed E-state index contributed by atoms with van der Waals surface area (Å²) in [7, 11) is 0. The molecule has 3 rings (SSSR count). The van der Waals surface area contributed by atoms with Gasteiger partial charge in [-0.2, -0.15) is 0 Å². The monoisotopic (exact) mass is 440 g/mol. The van der Waals surface area contributed by atoms with E-state index < -0.39 is 5.91 Å². The second kappa shape index (κ2) is 11.6. The zero-order chi connectivity index (χ0) is 22.9. The molecular formula is C25H33FN4O2. The van der Waals surface area contributed by atoms with Gasteiger partial charge in [0.1, 0.15) is 5.82 Å². The van der Waals surface area contributed by atoms with Crippen molar-refractivity contribution in [3.05, 3.63) is 65.0 Å². The van der Waals surface area contributed by atoms with Gasteiger partial charge in [0, 0.05) is 42.5 Å². The molecular weight excluding hydrogens is 407 g/mol. The number of carbonyl (C=O) groups excluding carboxylic acids is 2. The summed E-state index contributed by atoms with van der Waals surface area (Å²) >= 11 is 0. The summed E-state index contributed by atoms with van der Waals surface area (Å²) in [5, 5.41) is 5.60. The van der Waals surface area contributed by atoms with Crippen molar-refractivity contribution < 1.29 is 14.0 Å². The summed E-state index contributed by atoms with van der Waals surface area (Å²) in [6.07, 6.45) is 5.90. The number of hydrogen-bond acceptors (Lipinski definition) is 4. The second-order valence-electron chi connectivity index (χ2n) is 8.28. The molecule has 2 amide bonds. The van der Waals surface area contributed by atoms with Gasteiger partial charge in [0.05, 0.1) is 5.56 Å². The van der Waals surface area contributed by atoms with Crippen LogP contribution in [-0.2, 0) is 6.54 Å². The quantitative estimate of drug-likeness (QED) is 0.410. The SMILES string of the molecule is CCC1CCCCN1CCCNC(=O)c1ccc(C(=O)NCc2ccccc2F)c(N)c1. The first kappa shape index (κ1) is 23.7. The molecule has 4 N–H and O–H groups in total. The number of nitrogens with zero attached hydrogens (tertiary/aromatic N) is 1. The number of amides is 2. The Labute approximate surface area is 189 Å². The normalized spacial score (nSPS) is 16.5. The van der Waals surface area contributed by atoms with Crippen molar-refractivity contribution in [2.24, 2.45) is 0 Å². The van der Waals surface area contributed by atoms with Gasteiger partial charge in [-0.1, -0.05) is 31.5 Å². The van der Waals surface area contributed by atoms with Crippen molar-refractivity contribution in [3.63, 3.8) is 0 Å². The fourth-order valence-electron chi connectivity index (χ4n) is 4.23. The maximum atomic E-state index is 13.7. The van der Waals surface area contributed by atoms with E-state index in [0.29, 0.717) is 23.7 Å². The van der Waals surface area contributed by atoms with Gasteiger partial charge < -0.3 is 21.3 Å². The molecule has 0 spiro atoms. The van der Waals surface area contributed by atoms with Gasteiger partial charge in [-0.3, -0.25) is 9.59 Å². The fraction of sp³-hybridized carbons (Fsp3) is 0.440. The Morgan fingerprint density at radius 3 is 2.69 bits per heavy atom. The zero-order valence-corrected chi connectivity index (χ0v) is 18.7. The van der Waals surface area contributed by atoms with E-state index in [1.165, 1.54) is 43.9 Å². The highest BCUT2D eigenvalue weighted by Gasteiger charge is 2.20.